The quantitative estimate of drug-likeness (QED) is 0.380. The summed E-state index contributed by atoms with van der Waals surface area (Å²) in [6.07, 6.45) is 0.847. The number of phenolic OH excluding ortho intramolecular Hbond substituents is 1. The van der Waals surface area contributed by atoms with Crippen molar-refractivity contribution >= 4 is 50.7 Å². The number of rotatable bonds is 4. The van der Waals surface area contributed by atoms with E-state index < -0.39 is 11.8 Å². The highest BCUT2D eigenvalue weighted by Gasteiger charge is 2.23. The monoisotopic (exact) mass is 527 g/mol. The molecule has 170 valence electrons. The Kier molecular flexibility index (Phi) is 6.74. The Morgan fingerprint density at radius 3 is 2.48 bits per heavy atom. The van der Waals surface area contributed by atoms with Crippen LogP contribution in [0, 0.1) is 0 Å². The van der Waals surface area contributed by atoms with Crippen molar-refractivity contribution in [3.63, 3.8) is 0 Å². The molecule has 6 nitrogen and oxygen atoms in total. The van der Waals surface area contributed by atoms with Crippen LogP contribution in [0.2, 0.25) is 5.02 Å². The van der Waals surface area contributed by atoms with Gasteiger partial charge in [-0.3, -0.25) is 14.5 Å². The first-order valence-corrected chi connectivity index (χ1v) is 11.6. The summed E-state index contributed by atoms with van der Waals surface area (Å²) in [4.78, 5) is 28.3. The van der Waals surface area contributed by atoms with Gasteiger partial charge < -0.3 is 15.7 Å². The van der Waals surface area contributed by atoms with Gasteiger partial charge in [-0.25, -0.2) is 0 Å². The van der Waals surface area contributed by atoms with E-state index in [9.17, 15) is 14.7 Å². The summed E-state index contributed by atoms with van der Waals surface area (Å²) in [6.45, 7) is 2.98. The third-order valence-corrected chi connectivity index (χ3v) is 6.57. The third kappa shape index (κ3) is 5.21. The molecule has 0 aromatic heterocycles. The van der Waals surface area contributed by atoms with E-state index in [1.807, 2.05) is 12.1 Å². The normalized spacial score (nSPS) is 15.6. The fourth-order valence-corrected chi connectivity index (χ4v) is 4.31. The van der Waals surface area contributed by atoms with Crippen LogP contribution in [-0.2, 0) is 13.0 Å². The summed E-state index contributed by atoms with van der Waals surface area (Å²) in [5.74, 6) is -1.21. The molecule has 3 aromatic rings. The second-order valence-electron chi connectivity index (χ2n) is 8.21. The number of halogens is 2. The number of carbonyl (C=O) groups is 2. The molecule has 1 aliphatic rings. The topological polar surface area (TPSA) is 81.7 Å². The second kappa shape index (κ2) is 9.55. The summed E-state index contributed by atoms with van der Waals surface area (Å²) < 4.78 is 0.875. The van der Waals surface area contributed by atoms with Gasteiger partial charge in [-0.15, -0.1) is 0 Å². The first-order chi connectivity index (χ1) is 15.7. The lowest BCUT2D eigenvalue weighted by molar-refractivity contribution is 0.102. The van der Waals surface area contributed by atoms with Crippen LogP contribution in [0.3, 0.4) is 0 Å². The number of carbonyl (C=O) groups excluding carboxylic acids is 2. The molecule has 2 amide bonds. The van der Waals surface area contributed by atoms with Crippen LogP contribution in [0.25, 0.3) is 0 Å². The number of hydrogen-bond acceptors (Lipinski definition) is 4. The van der Waals surface area contributed by atoms with Crippen molar-refractivity contribution in [2.45, 2.75) is 25.9 Å². The van der Waals surface area contributed by atoms with Crippen molar-refractivity contribution in [3.8, 4) is 5.75 Å². The highest BCUT2D eigenvalue weighted by atomic mass is 79.9. The number of anilines is 2. The van der Waals surface area contributed by atoms with E-state index in [0.29, 0.717) is 17.3 Å². The highest BCUT2D eigenvalue weighted by Crippen LogP contribution is 2.33. The molecule has 0 spiro atoms. The SMILES string of the molecule is CC1Cc2cc(C(=O)Nc3c(O)cc(Cl)cc3C(=O)Nc3ccc(Br)cc3)ccc2CN1C. The molecule has 0 bridgehead atoms. The fourth-order valence-electron chi connectivity index (χ4n) is 3.83. The zero-order valence-corrected chi connectivity index (χ0v) is 20.5. The number of phenols is 1. The summed E-state index contributed by atoms with van der Waals surface area (Å²) in [5, 5.41) is 16.1. The van der Waals surface area contributed by atoms with Crippen molar-refractivity contribution < 1.29 is 14.7 Å². The second-order valence-corrected chi connectivity index (χ2v) is 9.57. The number of amides is 2. The zero-order valence-electron chi connectivity index (χ0n) is 18.2. The minimum absolute atomic E-state index is 0.00448. The summed E-state index contributed by atoms with van der Waals surface area (Å²) in [6, 6.07) is 15.7. The molecule has 1 heterocycles. The van der Waals surface area contributed by atoms with Crippen LogP contribution >= 0.6 is 27.5 Å². The van der Waals surface area contributed by atoms with E-state index >= 15 is 0 Å². The third-order valence-electron chi connectivity index (χ3n) is 5.82. The van der Waals surface area contributed by atoms with E-state index in [1.54, 1.807) is 30.3 Å². The van der Waals surface area contributed by atoms with Crippen molar-refractivity contribution in [2.24, 2.45) is 0 Å². The molecule has 0 saturated carbocycles. The molecule has 3 N–H and O–H groups in total. The fraction of sp³-hybridized carbons (Fsp3) is 0.200. The number of fused-ring (bicyclic) bond motifs is 1. The molecule has 0 radical (unpaired) electrons. The number of nitrogens with zero attached hydrogens (tertiary/aromatic N) is 1. The van der Waals surface area contributed by atoms with Crippen molar-refractivity contribution in [1.82, 2.24) is 4.90 Å². The molecule has 3 aromatic carbocycles. The van der Waals surface area contributed by atoms with Gasteiger partial charge in [-0.2, -0.15) is 0 Å². The number of aromatic hydroxyl groups is 1. The van der Waals surface area contributed by atoms with E-state index in [1.165, 1.54) is 17.7 Å². The zero-order chi connectivity index (χ0) is 23.7. The van der Waals surface area contributed by atoms with E-state index in [-0.39, 0.29) is 22.0 Å². The van der Waals surface area contributed by atoms with Gasteiger partial charge in [0.25, 0.3) is 11.8 Å². The van der Waals surface area contributed by atoms with Crippen LogP contribution < -0.4 is 10.6 Å². The standard InChI is InChI=1S/C25H23BrClN3O3/c1-14-9-17-10-15(3-4-16(17)13-30(14)2)24(32)29-23-21(11-19(27)12-22(23)31)25(33)28-20-7-5-18(26)6-8-20/h3-8,10-12,14,31H,9,13H2,1-2H3,(H,28,33)(H,29,32). The Labute approximate surface area is 205 Å². The molecule has 8 heteroatoms. The Bertz CT molecular complexity index is 1230. The van der Waals surface area contributed by atoms with Gasteiger partial charge in [0.2, 0.25) is 0 Å². The molecule has 0 fully saturated rings. The molecule has 1 aliphatic heterocycles. The average molecular weight is 529 g/mol. The van der Waals surface area contributed by atoms with Crippen LogP contribution in [0.4, 0.5) is 11.4 Å². The van der Waals surface area contributed by atoms with Crippen LogP contribution in [0.1, 0.15) is 38.8 Å². The minimum Gasteiger partial charge on any atom is -0.506 e. The smallest absolute Gasteiger partial charge is 0.257 e. The van der Waals surface area contributed by atoms with Gasteiger partial charge in [0.05, 0.1) is 11.3 Å². The molecule has 0 saturated heterocycles. The molecule has 0 aliphatic carbocycles. The largest absolute Gasteiger partial charge is 0.506 e. The number of nitrogens with one attached hydrogen (secondary N) is 2. The summed E-state index contributed by atoms with van der Waals surface area (Å²) in [7, 11) is 2.08. The van der Waals surface area contributed by atoms with Gasteiger partial charge >= 0.3 is 0 Å². The lowest BCUT2D eigenvalue weighted by Gasteiger charge is -2.31. The van der Waals surface area contributed by atoms with Crippen molar-refractivity contribution in [1.29, 1.82) is 0 Å². The maximum Gasteiger partial charge on any atom is 0.257 e. The van der Waals surface area contributed by atoms with Gasteiger partial charge in [0.15, 0.2) is 0 Å². The van der Waals surface area contributed by atoms with Crippen LogP contribution in [-0.4, -0.2) is 34.9 Å². The Balaban J connectivity index is 1.60. The molecule has 33 heavy (non-hydrogen) atoms. The van der Waals surface area contributed by atoms with Gasteiger partial charge in [-0.1, -0.05) is 33.6 Å². The highest BCUT2D eigenvalue weighted by molar-refractivity contribution is 9.10. The minimum atomic E-state index is -0.507. The van der Waals surface area contributed by atoms with Crippen LogP contribution in [0.5, 0.6) is 5.75 Å². The number of benzene rings is 3. The van der Waals surface area contributed by atoms with E-state index in [0.717, 1.165) is 23.0 Å². The van der Waals surface area contributed by atoms with Crippen molar-refractivity contribution in [3.05, 3.63) is 86.3 Å². The predicted molar refractivity (Wildman–Crippen MR) is 134 cm³/mol. The predicted octanol–water partition coefficient (Wildman–Crippen LogP) is 5.69. The van der Waals surface area contributed by atoms with Crippen LogP contribution in [0.15, 0.2) is 59.1 Å². The molecule has 4 rings (SSSR count). The molecular formula is C25H23BrClN3O3. The number of hydrogen-bond donors (Lipinski definition) is 3. The maximum absolute atomic E-state index is 13.1. The Hall–Kier alpha value is -2.87. The van der Waals surface area contributed by atoms with Crippen molar-refractivity contribution in [2.75, 3.05) is 17.7 Å². The average Bonchev–Trinajstić information content (AvgIpc) is 2.77. The van der Waals surface area contributed by atoms with E-state index in [4.69, 9.17) is 11.6 Å². The first kappa shape index (κ1) is 23.3. The molecule has 1 unspecified atom stereocenters. The van der Waals surface area contributed by atoms with Gasteiger partial charge in [0, 0.05) is 39.4 Å². The summed E-state index contributed by atoms with van der Waals surface area (Å²) in [5.41, 5.74) is 3.40. The van der Waals surface area contributed by atoms with E-state index in [2.05, 4.69) is 45.4 Å². The van der Waals surface area contributed by atoms with Gasteiger partial charge in [0.1, 0.15) is 5.75 Å². The summed E-state index contributed by atoms with van der Waals surface area (Å²) >= 11 is 9.44. The maximum atomic E-state index is 13.1. The Morgan fingerprint density at radius 1 is 1.03 bits per heavy atom. The lowest BCUT2D eigenvalue weighted by atomic mass is 9.93. The first-order valence-electron chi connectivity index (χ1n) is 10.4. The molecule has 1 atom stereocenters. The van der Waals surface area contributed by atoms with Gasteiger partial charge in [-0.05, 0) is 74.0 Å². The Morgan fingerprint density at radius 2 is 1.76 bits per heavy atom. The molecular weight excluding hydrogens is 506 g/mol. The lowest BCUT2D eigenvalue weighted by Crippen LogP contribution is -2.35. The number of likely N-dealkylation sites (N-methyl/N-ethyl adjacent to an activating group) is 1.